The van der Waals surface area contributed by atoms with Gasteiger partial charge in [-0.25, -0.2) is 0 Å². The largest absolute Gasteiger partial charge is 0.491 e. The number of nitrogens with zero attached hydrogens (tertiary/aromatic N) is 1. The summed E-state index contributed by atoms with van der Waals surface area (Å²) in [4.78, 5) is 26.1. The number of carbonyl (C=O) groups excluding carboxylic acids is 2. The molecular formula is C20H30N2O5. The summed E-state index contributed by atoms with van der Waals surface area (Å²) < 4.78 is 10.8. The zero-order chi connectivity index (χ0) is 19.6. The highest BCUT2D eigenvalue weighted by atomic mass is 16.5. The van der Waals surface area contributed by atoms with Gasteiger partial charge in [0.25, 0.3) is 0 Å². The lowest BCUT2D eigenvalue weighted by atomic mass is 10.1. The van der Waals surface area contributed by atoms with E-state index in [1.807, 2.05) is 35.2 Å². The molecular weight excluding hydrogens is 348 g/mol. The molecule has 2 unspecified atom stereocenters. The Morgan fingerprint density at radius 2 is 2.07 bits per heavy atom. The van der Waals surface area contributed by atoms with Gasteiger partial charge in [-0.1, -0.05) is 32.0 Å². The second kappa shape index (κ2) is 10.9. The van der Waals surface area contributed by atoms with Gasteiger partial charge in [0.2, 0.25) is 5.91 Å². The number of para-hydroxylation sites is 1. The smallest absolute Gasteiger partial charge is 0.307 e. The van der Waals surface area contributed by atoms with E-state index in [0.717, 1.165) is 6.42 Å². The Kier molecular flexibility index (Phi) is 8.54. The summed E-state index contributed by atoms with van der Waals surface area (Å²) in [7, 11) is 0. The minimum atomic E-state index is -0.768. The van der Waals surface area contributed by atoms with Crippen LogP contribution in [0.1, 0.15) is 26.7 Å². The number of piperazine rings is 1. The molecule has 1 aliphatic rings. The average molecular weight is 378 g/mol. The van der Waals surface area contributed by atoms with Crippen molar-refractivity contribution in [2.24, 2.45) is 5.92 Å². The Hall–Kier alpha value is -2.12. The van der Waals surface area contributed by atoms with Crippen molar-refractivity contribution >= 4 is 11.9 Å². The molecule has 1 aromatic rings. The molecule has 150 valence electrons. The van der Waals surface area contributed by atoms with E-state index in [2.05, 4.69) is 19.2 Å². The lowest BCUT2D eigenvalue weighted by molar-refractivity contribution is -0.149. The number of carbonyl (C=O) groups is 2. The van der Waals surface area contributed by atoms with Crippen LogP contribution in [0.25, 0.3) is 0 Å². The first kappa shape index (κ1) is 21.2. The van der Waals surface area contributed by atoms with E-state index in [1.54, 1.807) is 0 Å². The summed E-state index contributed by atoms with van der Waals surface area (Å²) in [5, 5.41) is 13.1. The molecule has 2 rings (SSSR count). The van der Waals surface area contributed by atoms with Crippen LogP contribution < -0.4 is 10.1 Å². The zero-order valence-electron chi connectivity index (χ0n) is 16.1. The molecule has 0 radical (unpaired) electrons. The minimum Gasteiger partial charge on any atom is -0.491 e. The number of nitrogens with one attached hydrogen (secondary N) is 1. The maximum Gasteiger partial charge on any atom is 0.307 e. The van der Waals surface area contributed by atoms with Crippen LogP contribution in [-0.4, -0.2) is 66.9 Å². The SMILES string of the molecule is CC(C)CCOC(=O)CC1C(=O)NCCN1CC(O)COc1ccccc1. The Morgan fingerprint density at radius 3 is 2.78 bits per heavy atom. The maximum absolute atomic E-state index is 12.2. The number of ether oxygens (including phenoxy) is 2. The first-order valence-corrected chi connectivity index (χ1v) is 9.49. The van der Waals surface area contributed by atoms with Gasteiger partial charge in [0.05, 0.1) is 19.1 Å². The van der Waals surface area contributed by atoms with Crippen LogP contribution in [0.4, 0.5) is 0 Å². The fourth-order valence-corrected chi connectivity index (χ4v) is 2.86. The van der Waals surface area contributed by atoms with E-state index in [1.165, 1.54) is 0 Å². The minimum absolute atomic E-state index is 0.0177. The number of hydrogen-bond donors (Lipinski definition) is 2. The van der Waals surface area contributed by atoms with E-state index >= 15 is 0 Å². The zero-order valence-corrected chi connectivity index (χ0v) is 16.1. The fourth-order valence-electron chi connectivity index (χ4n) is 2.86. The van der Waals surface area contributed by atoms with E-state index in [-0.39, 0.29) is 25.5 Å². The third-order valence-corrected chi connectivity index (χ3v) is 4.39. The first-order valence-electron chi connectivity index (χ1n) is 9.49. The van der Waals surface area contributed by atoms with E-state index in [9.17, 15) is 14.7 Å². The van der Waals surface area contributed by atoms with Gasteiger partial charge in [-0.15, -0.1) is 0 Å². The number of β-amino-alcohol motifs (C(OH)–C–C–N with tert-alkyl or cyclic N) is 1. The molecule has 1 fully saturated rings. The molecule has 1 amide bonds. The van der Waals surface area contributed by atoms with Crippen molar-refractivity contribution in [3.63, 3.8) is 0 Å². The normalized spacial score (nSPS) is 18.8. The van der Waals surface area contributed by atoms with Gasteiger partial charge in [-0.05, 0) is 24.5 Å². The van der Waals surface area contributed by atoms with Crippen molar-refractivity contribution in [2.75, 3.05) is 32.8 Å². The summed E-state index contributed by atoms with van der Waals surface area (Å²) in [6, 6.07) is 8.61. The Bertz CT molecular complexity index is 593. The fraction of sp³-hybridized carbons (Fsp3) is 0.600. The molecule has 1 saturated heterocycles. The highest BCUT2D eigenvalue weighted by molar-refractivity contribution is 5.87. The number of esters is 1. The second-order valence-electron chi connectivity index (χ2n) is 7.19. The molecule has 0 spiro atoms. The topological polar surface area (TPSA) is 88.1 Å². The maximum atomic E-state index is 12.2. The molecule has 7 nitrogen and oxygen atoms in total. The van der Waals surface area contributed by atoms with Crippen molar-refractivity contribution in [3.05, 3.63) is 30.3 Å². The first-order chi connectivity index (χ1) is 13.0. The summed E-state index contributed by atoms with van der Waals surface area (Å²) in [5.41, 5.74) is 0. The average Bonchev–Trinajstić information content (AvgIpc) is 2.63. The Morgan fingerprint density at radius 1 is 1.33 bits per heavy atom. The molecule has 2 atom stereocenters. The number of rotatable bonds is 10. The van der Waals surface area contributed by atoms with Crippen LogP contribution in [0.2, 0.25) is 0 Å². The van der Waals surface area contributed by atoms with Crippen LogP contribution in [0, 0.1) is 5.92 Å². The molecule has 1 aliphatic heterocycles. The molecule has 27 heavy (non-hydrogen) atoms. The van der Waals surface area contributed by atoms with Crippen molar-refractivity contribution < 1.29 is 24.2 Å². The van der Waals surface area contributed by atoms with Crippen LogP contribution >= 0.6 is 0 Å². The van der Waals surface area contributed by atoms with Gasteiger partial charge in [0.15, 0.2) is 0 Å². The lowest BCUT2D eigenvalue weighted by Crippen LogP contribution is -2.57. The van der Waals surface area contributed by atoms with Crippen LogP contribution in [0.3, 0.4) is 0 Å². The Balaban J connectivity index is 1.83. The molecule has 2 N–H and O–H groups in total. The summed E-state index contributed by atoms with van der Waals surface area (Å²) in [5.74, 6) is 0.529. The van der Waals surface area contributed by atoms with Gasteiger partial charge in [0, 0.05) is 19.6 Å². The number of aliphatic hydroxyl groups is 1. The van der Waals surface area contributed by atoms with Crippen LogP contribution in [-0.2, 0) is 14.3 Å². The predicted molar refractivity (Wildman–Crippen MR) is 101 cm³/mol. The molecule has 1 heterocycles. The monoisotopic (exact) mass is 378 g/mol. The van der Waals surface area contributed by atoms with E-state index in [0.29, 0.717) is 31.4 Å². The highest BCUT2D eigenvalue weighted by Crippen LogP contribution is 2.13. The van der Waals surface area contributed by atoms with Gasteiger partial charge < -0.3 is 19.9 Å². The standard InChI is InChI=1S/C20H30N2O5/c1-15(2)8-11-26-19(24)12-18-20(25)21-9-10-22(18)13-16(23)14-27-17-6-4-3-5-7-17/h3-7,15-16,18,23H,8-14H2,1-2H3,(H,21,25). The lowest BCUT2D eigenvalue weighted by Gasteiger charge is -2.35. The number of amides is 1. The molecule has 0 saturated carbocycles. The van der Waals surface area contributed by atoms with E-state index < -0.39 is 18.1 Å². The van der Waals surface area contributed by atoms with Crippen LogP contribution in [0.15, 0.2) is 30.3 Å². The molecule has 7 heteroatoms. The van der Waals surface area contributed by atoms with Crippen molar-refractivity contribution in [2.45, 2.75) is 38.8 Å². The summed E-state index contributed by atoms with van der Waals surface area (Å²) in [6.07, 6.45) is 0.00785. The van der Waals surface area contributed by atoms with Gasteiger partial charge >= 0.3 is 5.97 Å². The third kappa shape index (κ3) is 7.56. The third-order valence-electron chi connectivity index (χ3n) is 4.39. The number of hydrogen-bond acceptors (Lipinski definition) is 6. The van der Waals surface area contributed by atoms with Crippen molar-refractivity contribution in [1.82, 2.24) is 10.2 Å². The predicted octanol–water partition coefficient (Wildman–Crippen LogP) is 1.21. The van der Waals surface area contributed by atoms with E-state index in [4.69, 9.17) is 9.47 Å². The van der Waals surface area contributed by atoms with Crippen LogP contribution in [0.5, 0.6) is 5.75 Å². The van der Waals surface area contributed by atoms with Gasteiger partial charge in [-0.2, -0.15) is 0 Å². The summed E-state index contributed by atoms with van der Waals surface area (Å²) >= 11 is 0. The summed E-state index contributed by atoms with van der Waals surface area (Å²) in [6.45, 7) is 5.91. The van der Waals surface area contributed by atoms with Gasteiger partial charge in [-0.3, -0.25) is 14.5 Å². The molecule has 0 aromatic heterocycles. The molecule has 1 aromatic carbocycles. The number of benzene rings is 1. The van der Waals surface area contributed by atoms with Crippen molar-refractivity contribution in [3.8, 4) is 5.75 Å². The number of aliphatic hydroxyl groups excluding tert-OH is 1. The molecule has 0 aliphatic carbocycles. The Labute approximate surface area is 160 Å². The second-order valence-corrected chi connectivity index (χ2v) is 7.19. The van der Waals surface area contributed by atoms with Gasteiger partial charge in [0.1, 0.15) is 18.5 Å². The highest BCUT2D eigenvalue weighted by Gasteiger charge is 2.33. The molecule has 0 bridgehead atoms. The quantitative estimate of drug-likeness (QED) is 0.595. The van der Waals surface area contributed by atoms with Crippen molar-refractivity contribution in [1.29, 1.82) is 0 Å².